The van der Waals surface area contributed by atoms with Crippen LogP contribution in [-0.4, -0.2) is 84.2 Å². The molecule has 2 aliphatic heterocycles. The maximum absolute atomic E-state index is 13.3. The molecule has 0 saturated carbocycles. The van der Waals surface area contributed by atoms with Gasteiger partial charge in [-0.05, 0) is 41.5 Å². The van der Waals surface area contributed by atoms with Crippen LogP contribution in [0.5, 0.6) is 11.5 Å². The normalized spacial score (nSPS) is 16.9. The summed E-state index contributed by atoms with van der Waals surface area (Å²) in [6, 6.07) is 19.4. The summed E-state index contributed by atoms with van der Waals surface area (Å²) in [4.78, 5) is 32.7. The maximum atomic E-state index is 13.3. The standard InChI is InChI=1S/C30H32N4O7S/c1-39-25-17-23-24(18-26(25)40-2)32-30(36)28(23)29(20-7-5-4-6-8-20)31-21-9-11-22(12-10-21)34(42(3,37)38)19-27(35)33-13-15-41-16-14-33/h4-12,17-18,28H,13-16,19H2,1-3H3,(H,32,36). The van der Waals surface area contributed by atoms with Crippen LogP contribution in [0.25, 0.3) is 0 Å². The smallest absolute Gasteiger partial charge is 0.243 e. The molecule has 0 aliphatic carbocycles. The Balaban J connectivity index is 1.50. The Morgan fingerprint density at radius 2 is 1.67 bits per heavy atom. The number of carbonyl (C=O) groups is 2. The largest absolute Gasteiger partial charge is 0.493 e. The first-order valence-electron chi connectivity index (χ1n) is 13.3. The van der Waals surface area contributed by atoms with E-state index in [0.29, 0.717) is 66.1 Å². The fraction of sp³-hybridized carbons (Fsp3) is 0.300. The van der Waals surface area contributed by atoms with Crippen molar-refractivity contribution in [3.8, 4) is 11.5 Å². The summed E-state index contributed by atoms with van der Waals surface area (Å²) in [7, 11) is -0.690. The van der Waals surface area contributed by atoms with Gasteiger partial charge in [0.25, 0.3) is 0 Å². The number of morpholine rings is 1. The van der Waals surface area contributed by atoms with Crippen molar-refractivity contribution in [3.63, 3.8) is 0 Å². The van der Waals surface area contributed by atoms with Gasteiger partial charge in [0.2, 0.25) is 21.8 Å². The van der Waals surface area contributed by atoms with Crippen molar-refractivity contribution >= 4 is 44.6 Å². The minimum absolute atomic E-state index is 0.246. The number of aliphatic imine (C=N–C) groups is 1. The van der Waals surface area contributed by atoms with Crippen LogP contribution in [0.15, 0.2) is 71.7 Å². The lowest BCUT2D eigenvalue weighted by Crippen LogP contribution is -2.47. The summed E-state index contributed by atoms with van der Waals surface area (Å²) < 4.78 is 42.6. The van der Waals surface area contributed by atoms with Crippen molar-refractivity contribution in [2.75, 3.05) is 62.9 Å². The van der Waals surface area contributed by atoms with E-state index in [0.717, 1.165) is 16.1 Å². The molecule has 1 atom stereocenters. The SMILES string of the molecule is COc1cc2c(cc1OC)C(C(=Nc1ccc(N(CC(=O)N3CCOCC3)S(C)(=O)=O)cc1)c1ccccc1)C(=O)N2. The molecule has 0 aromatic heterocycles. The van der Waals surface area contributed by atoms with E-state index in [1.54, 1.807) is 41.3 Å². The third kappa shape index (κ3) is 6.09. The van der Waals surface area contributed by atoms with Crippen molar-refractivity contribution < 1.29 is 32.2 Å². The van der Waals surface area contributed by atoms with Crippen LogP contribution in [0.1, 0.15) is 17.0 Å². The Morgan fingerprint density at radius 3 is 2.29 bits per heavy atom. The van der Waals surface area contributed by atoms with Crippen LogP contribution in [0.4, 0.5) is 17.1 Å². The molecule has 220 valence electrons. The lowest BCUT2D eigenvalue weighted by molar-refractivity contribution is -0.133. The first-order chi connectivity index (χ1) is 20.2. The van der Waals surface area contributed by atoms with E-state index < -0.39 is 15.9 Å². The highest BCUT2D eigenvalue weighted by atomic mass is 32.2. The number of methoxy groups -OCH3 is 2. The zero-order valence-electron chi connectivity index (χ0n) is 23.6. The van der Waals surface area contributed by atoms with Crippen LogP contribution in [0, 0.1) is 0 Å². The van der Waals surface area contributed by atoms with Gasteiger partial charge >= 0.3 is 0 Å². The number of anilines is 2. The van der Waals surface area contributed by atoms with Crippen molar-refractivity contribution in [1.29, 1.82) is 0 Å². The molecule has 2 aliphatic rings. The summed E-state index contributed by atoms with van der Waals surface area (Å²) in [5.41, 5.74) is 3.40. The van der Waals surface area contributed by atoms with E-state index >= 15 is 0 Å². The van der Waals surface area contributed by atoms with E-state index in [2.05, 4.69) is 5.32 Å². The third-order valence-electron chi connectivity index (χ3n) is 7.16. The first-order valence-corrected chi connectivity index (χ1v) is 15.2. The summed E-state index contributed by atoms with van der Waals surface area (Å²) in [6.45, 7) is 1.36. The molecule has 1 fully saturated rings. The van der Waals surface area contributed by atoms with Crippen LogP contribution in [0.2, 0.25) is 0 Å². The molecule has 1 saturated heterocycles. The highest BCUT2D eigenvalue weighted by Gasteiger charge is 2.37. The second-order valence-corrected chi connectivity index (χ2v) is 11.8. The van der Waals surface area contributed by atoms with E-state index in [1.807, 2.05) is 30.3 Å². The third-order valence-corrected chi connectivity index (χ3v) is 8.30. The molecule has 0 spiro atoms. The van der Waals surface area contributed by atoms with Crippen LogP contribution in [-0.2, 0) is 24.3 Å². The molecule has 3 aromatic carbocycles. The molecule has 3 aromatic rings. The van der Waals surface area contributed by atoms with Gasteiger partial charge in [-0.2, -0.15) is 0 Å². The molecule has 1 N–H and O–H groups in total. The number of sulfonamides is 1. The molecule has 2 amide bonds. The lowest BCUT2D eigenvalue weighted by atomic mass is 9.90. The zero-order valence-corrected chi connectivity index (χ0v) is 24.4. The fourth-order valence-corrected chi connectivity index (χ4v) is 5.88. The molecule has 2 heterocycles. The molecular formula is C30H32N4O7S. The second kappa shape index (κ2) is 12.2. The lowest BCUT2D eigenvalue weighted by Gasteiger charge is -2.30. The summed E-state index contributed by atoms with van der Waals surface area (Å²) in [6.07, 6.45) is 1.07. The van der Waals surface area contributed by atoms with E-state index in [9.17, 15) is 18.0 Å². The van der Waals surface area contributed by atoms with Crippen molar-refractivity contribution in [3.05, 3.63) is 77.9 Å². The molecule has 12 heteroatoms. The Hall–Kier alpha value is -4.42. The van der Waals surface area contributed by atoms with Gasteiger partial charge in [-0.3, -0.25) is 18.9 Å². The summed E-state index contributed by atoms with van der Waals surface area (Å²) >= 11 is 0. The number of hydrogen-bond acceptors (Lipinski definition) is 8. The highest BCUT2D eigenvalue weighted by Crippen LogP contribution is 2.42. The number of carbonyl (C=O) groups excluding carboxylic acids is 2. The van der Waals surface area contributed by atoms with Gasteiger partial charge in [-0.25, -0.2) is 8.42 Å². The predicted molar refractivity (Wildman–Crippen MR) is 160 cm³/mol. The molecule has 0 bridgehead atoms. The Morgan fingerprint density at radius 1 is 1.02 bits per heavy atom. The number of rotatable bonds is 9. The summed E-state index contributed by atoms with van der Waals surface area (Å²) in [5.74, 6) is -0.296. The van der Waals surface area contributed by atoms with Gasteiger partial charge in [-0.15, -0.1) is 0 Å². The van der Waals surface area contributed by atoms with Crippen molar-refractivity contribution in [2.24, 2.45) is 4.99 Å². The van der Waals surface area contributed by atoms with Gasteiger partial charge < -0.3 is 24.4 Å². The van der Waals surface area contributed by atoms with Gasteiger partial charge in [0, 0.05) is 24.8 Å². The molecule has 42 heavy (non-hydrogen) atoms. The molecular weight excluding hydrogens is 560 g/mol. The first kappa shape index (κ1) is 29.1. The van der Waals surface area contributed by atoms with Gasteiger partial charge in [0.15, 0.2) is 11.5 Å². The molecule has 1 unspecified atom stereocenters. The van der Waals surface area contributed by atoms with Crippen LogP contribution < -0.4 is 19.1 Å². The van der Waals surface area contributed by atoms with Crippen molar-refractivity contribution in [1.82, 2.24) is 4.90 Å². The minimum Gasteiger partial charge on any atom is -0.493 e. The monoisotopic (exact) mass is 592 g/mol. The quantitative estimate of drug-likeness (QED) is 0.378. The summed E-state index contributed by atoms with van der Waals surface area (Å²) in [5, 5.41) is 2.92. The number of nitrogens with one attached hydrogen (secondary N) is 1. The Bertz CT molecular complexity index is 1600. The topological polar surface area (TPSA) is 127 Å². The van der Waals surface area contributed by atoms with Crippen LogP contribution in [0.3, 0.4) is 0 Å². The number of ether oxygens (including phenoxy) is 3. The predicted octanol–water partition coefficient (Wildman–Crippen LogP) is 3.19. The van der Waals surface area contributed by atoms with Gasteiger partial charge in [-0.1, -0.05) is 30.3 Å². The zero-order chi connectivity index (χ0) is 29.9. The van der Waals surface area contributed by atoms with Gasteiger partial charge in [0.05, 0.1) is 50.8 Å². The second-order valence-electron chi connectivity index (χ2n) is 9.86. The number of benzene rings is 3. The molecule has 11 nitrogen and oxygen atoms in total. The molecule has 0 radical (unpaired) electrons. The van der Waals surface area contributed by atoms with Crippen molar-refractivity contribution in [2.45, 2.75) is 5.92 Å². The number of amides is 2. The van der Waals surface area contributed by atoms with E-state index in [-0.39, 0.29) is 18.4 Å². The maximum Gasteiger partial charge on any atom is 0.243 e. The van der Waals surface area contributed by atoms with Crippen LogP contribution >= 0.6 is 0 Å². The Labute approximate surface area is 244 Å². The average Bonchev–Trinajstić information content (AvgIpc) is 3.32. The average molecular weight is 593 g/mol. The van der Waals surface area contributed by atoms with Gasteiger partial charge in [0.1, 0.15) is 12.5 Å². The van der Waals surface area contributed by atoms with E-state index in [1.165, 1.54) is 14.2 Å². The number of fused-ring (bicyclic) bond motifs is 1. The van der Waals surface area contributed by atoms with E-state index in [4.69, 9.17) is 19.2 Å². The minimum atomic E-state index is -3.75. The number of hydrogen-bond donors (Lipinski definition) is 1. The highest BCUT2D eigenvalue weighted by molar-refractivity contribution is 7.92. The molecule has 5 rings (SSSR count). The number of nitrogens with zero attached hydrogens (tertiary/aromatic N) is 3. The Kier molecular flexibility index (Phi) is 8.46. The fourth-order valence-electron chi connectivity index (χ4n) is 5.03.